The molecule has 0 fully saturated rings. The summed E-state index contributed by atoms with van der Waals surface area (Å²) in [7, 11) is 0. The molecule has 0 spiro atoms. The highest BCUT2D eigenvalue weighted by molar-refractivity contribution is 5.86. The second kappa shape index (κ2) is 6.24. The second-order valence-corrected chi connectivity index (χ2v) is 3.99. The van der Waals surface area contributed by atoms with Crippen molar-refractivity contribution in [2.45, 2.75) is 0 Å². The van der Waals surface area contributed by atoms with Gasteiger partial charge in [0.1, 0.15) is 0 Å². The topological polar surface area (TPSA) is 111 Å². The molecule has 0 saturated carbocycles. The van der Waals surface area contributed by atoms with Crippen LogP contribution in [0.2, 0.25) is 0 Å². The number of non-ortho nitro benzene ring substituents is 1. The van der Waals surface area contributed by atoms with Crippen LogP contribution in [0.3, 0.4) is 0 Å². The molecule has 0 radical (unpaired) electrons. The Bertz CT molecular complexity index is 701. The van der Waals surface area contributed by atoms with E-state index in [2.05, 4.69) is 10.5 Å². The standard InChI is InChI=1S/C13H10N4O4/c18-16(19)12-7-6-10(13(8-12)17(20)21)9-14-15-11-4-2-1-3-5-11/h1-9,15H/b14-9+. The van der Waals surface area contributed by atoms with Crippen molar-refractivity contribution in [1.29, 1.82) is 0 Å². The Balaban J connectivity index is 2.23. The largest absolute Gasteiger partial charge is 0.285 e. The van der Waals surface area contributed by atoms with E-state index in [1.807, 2.05) is 18.2 Å². The predicted molar refractivity (Wildman–Crippen MR) is 77.4 cm³/mol. The van der Waals surface area contributed by atoms with Gasteiger partial charge in [0.25, 0.3) is 11.4 Å². The zero-order chi connectivity index (χ0) is 15.2. The Morgan fingerprint density at radius 1 is 1.00 bits per heavy atom. The molecule has 0 unspecified atom stereocenters. The lowest BCUT2D eigenvalue weighted by molar-refractivity contribution is -0.394. The molecule has 0 saturated heterocycles. The third-order valence-electron chi connectivity index (χ3n) is 2.59. The number of benzene rings is 2. The van der Waals surface area contributed by atoms with Gasteiger partial charge in [-0.25, -0.2) is 0 Å². The number of hydrazone groups is 1. The maximum Gasteiger partial charge on any atom is 0.285 e. The van der Waals surface area contributed by atoms with Crippen LogP contribution in [0.4, 0.5) is 17.1 Å². The quantitative estimate of drug-likeness (QED) is 0.516. The summed E-state index contributed by atoms with van der Waals surface area (Å²) < 4.78 is 0. The minimum Gasteiger partial charge on any atom is -0.279 e. The van der Waals surface area contributed by atoms with Gasteiger partial charge >= 0.3 is 0 Å². The summed E-state index contributed by atoms with van der Waals surface area (Å²) in [6.45, 7) is 0. The van der Waals surface area contributed by atoms with E-state index in [1.165, 1.54) is 18.3 Å². The lowest BCUT2D eigenvalue weighted by Gasteiger charge is -2.00. The third-order valence-corrected chi connectivity index (χ3v) is 2.59. The van der Waals surface area contributed by atoms with Crippen molar-refractivity contribution in [2.24, 2.45) is 5.10 Å². The number of nitrogens with one attached hydrogen (secondary N) is 1. The molecule has 106 valence electrons. The van der Waals surface area contributed by atoms with Crippen molar-refractivity contribution < 1.29 is 9.85 Å². The molecule has 2 aromatic rings. The van der Waals surface area contributed by atoms with E-state index < -0.39 is 9.85 Å². The van der Waals surface area contributed by atoms with Crippen LogP contribution in [0.15, 0.2) is 53.6 Å². The number of nitro benzene ring substituents is 2. The van der Waals surface area contributed by atoms with Gasteiger partial charge in [0.05, 0.1) is 33.4 Å². The number of anilines is 1. The van der Waals surface area contributed by atoms with Gasteiger partial charge in [-0.3, -0.25) is 25.7 Å². The molecular formula is C13H10N4O4. The number of para-hydroxylation sites is 1. The summed E-state index contributed by atoms with van der Waals surface area (Å²) in [4.78, 5) is 20.2. The summed E-state index contributed by atoms with van der Waals surface area (Å²) in [5, 5.41) is 25.4. The summed E-state index contributed by atoms with van der Waals surface area (Å²) in [5.74, 6) is 0. The minimum absolute atomic E-state index is 0.175. The van der Waals surface area contributed by atoms with Crippen LogP contribution in [0.1, 0.15) is 5.56 Å². The molecule has 21 heavy (non-hydrogen) atoms. The Labute approximate surface area is 119 Å². The summed E-state index contributed by atoms with van der Waals surface area (Å²) in [5.41, 5.74) is 2.89. The number of hydrogen-bond donors (Lipinski definition) is 1. The molecule has 0 aliphatic rings. The highest BCUT2D eigenvalue weighted by Crippen LogP contribution is 2.23. The van der Waals surface area contributed by atoms with Crippen molar-refractivity contribution in [1.82, 2.24) is 0 Å². The summed E-state index contributed by atoms with van der Waals surface area (Å²) in [6.07, 6.45) is 1.24. The van der Waals surface area contributed by atoms with Gasteiger partial charge < -0.3 is 0 Å². The second-order valence-electron chi connectivity index (χ2n) is 3.99. The lowest BCUT2D eigenvalue weighted by Crippen LogP contribution is -1.98. The lowest BCUT2D eigenvalue weighted by atomic mass is 10.2. The fourth-order valence-corrected chi connectivity index (χ4v) is 1.60. The molecule has 2 aromatic carbocycles. The highest BCUT2D eigenvalue weighted by atomic mass is 16.6. The first-order valence-corrected chi connectivity index (χ1v) is 5.85. The fourth-order valence-electron chi connectivity index (χ4n) is 1.60. The fraction of sp³-hybridized carbons (Fsp3) is 0. The first-order valence-electron chi connectivity index (χ1n) is 5.85. The maximum absolute atomic E-state index is 10.9. The van der Waals surface area contributed by atoms with E-state index in [-0.39, 0.29) is 16.9 Å². The van der Waals surface area contributed by atoms with Crippen LogP contribution in [0.5, 0.6) is 0 Å². The van der Waals surface area contributed by atoms with E-state index in [9.17, 15) is 20.2 Å². The summed E-state index contributed by atoms with van der Waals surface area (Å²) in [6, 6.07) is 12.4. The Morgan fingerprint density at radius 3 is 2.33 bits per heavy atom. The summed E-state index contributed by atoms with van der Waals surface area (Å²) >= 11 is 0. The smallest absolute Gasteiger partial charge is 0.279 e. The van der Waals surface area contributed by atoms with Gasteiger partial charge in [-0.15, -0.1) is 0 Å². The molecule has 8 heteroatoms. The van der Waals surface area contributed by atoms with E-state index in [4.69, 9.17) is 0 Å². The Morgan fingerprint density at radius 2 is 1.71 bits per heavy atom. The SMILES string of the molecule is O=[N+]([O-])c1ccc(/C=N/Nc2ccccc2)c([N+](=O)[O-])c1. The van der Waals surface area contributed by atoms with E-state index in [1.54, 1.807) is 12.1 Å². The molecule has 0 aliphatic heterocycles. The first kappa shape index (κ1) is 14.1. The molecule has 0 heterocycles. The normalized spacial score (nSPS) is 10.5. The van der Waals surface area contributed by atoms with Crippen molar-refractivity contribution in [2.75, 3.05) is 5.43 Å². The number of nitrogens with zero attached hydrogens (tertiary/aromatic N) is 3. The van der Waals surface area contributed by atoms with E-state index >= 15 is 0 Å². The van der Waals surface area contributed by atoms with Crippen molar-refractivity contribution >= 4 is 23.3 Å². The Kier molecular flexibility index (Phi) is 4.20. The number of nitro groups is 2. The molecule has 0 atom stereocenters. The minimum atomic E-state index is -0.684. The number of hydrogen-bond acceptors (Lipinski definition) is 6. The Hall–Kier alpha value is -3.29. The molecule has 8 nitrogen and oxygen atoms in total. The van der Waals surface area contributed by atoms with Gasteiger partial charge in [0, 0.05) is 6.07 Å². The molecule has 2 rings (SSSR count). The third kappa shape index (κ3) is 3.60. The molecule has 1 N–H and O–H groups in total. The van der Waals surface area contributed by atoms with Crippen LogP contribution in [-0.2, 0) is 0 Å². The van der Waals surface area contributed by atoms with Gasteiger partial charge in [-0.1, -0.05) is 18.2 Å². The van der Waals surface area contributed by atoms with Gasteiger partial charge in [0.15, 0.2) is 0 Å². The van der Waals surface area contributed by atoms with Crippen molar-refractivity contribution in [3.63, 3.8) is 0 Å². The van der Waals surface area contributed by atoms with E-state index in [0.717, 1.165) is 11.8 Å². The van der Waals surface area contributed by atoms with E-state index in [0.29, 0.717) is 0 Å². The molecule has 0 bridgehead atoms. The van der Waals surface area contributed by atoms with Crippen LogP contribution in [-0.4, -0.2) is 16.1 Å². The van der Waals surface area contributed by atoms with Crippen LogP contribution >= 0.6 is 0 Å². The first-order chi connectivity index (χ1) is 10.1. The average Bonchev–Trinajstić information content (AvgIpc) is 2.48. The zero-order valence-corrected chi connectivity index (χ0v) is 10.7. The average molecular weight is 286 g/mol. The van der Waals surface area contributed by atoms with Gasteiger partial charge in [-0.2, -0.15) is 5.10 Å². The van der Waals surface area contributed by atoms with Crippen molar-refractivity contribution in [3.8, 4) is 0 Å². The molecule has 0 aromatic heterocycles. The monoisotopic (exact) mass is 286 g/mol. The molecule has 0 aliphatic carbocycles. The molecule has 0 amide bonds. The molecular weight excluding hydrogens is 276 g/mol. The van der Waals surface area contributed by atoms with Crippen molar-refractivity contribution in [3.05, 3.63) is 74.3 Å². The van der Waals surface area contributed by atoms with Crippen LogP contribution in [0, 0.1) is 20.2 Å². The van der Waals surface area contributed by atoms with Gasteiger partial charge in [-0.05, 0) is 18.2 Å². The number of rotatable bonds is 5. The highest BCUT2D eigenvalue weighted by Gasteiger charge is 2.18. The zero-order valence-electron chi connectivity index (χ0n) is 10.7. The maximum atomic E-state index is 10.9. The van der Waals surface area contributed by atoms with Gasteiger partial charge in [0.2, 0.25) is 0 Å². The van der Waals surface area contributed by atoms with Crippen LogP contribution < -0.4 is 5.43 Å². The predicted octanol–water partition coefficient (Wildman–Crippen LogP) is 2.95. The van der Waals surface area contributed by atoms with Crippen LogP contribution in [0.25, 0.3) is 0 Å².